The molecule has 1 aromatic rings. The number of hydrogen-bond acceptors (Lipinski definition) is 2. The zero-order chi connectivity index (χ0) is 14.5. The molecule has 0 bridgehead atoms. The Morgan fingerprint density at radius 2 is 2.10 bits per heavy atom. The van der Waals surface area contributed by atoms with Crippen LogP contribution in [0, 0.1) is 17.8 Å². The van der Waals surface area contributed by atoms with Gasteiger partial charge in [-0.15, -0.1) is 0 Å². The van der Waals surface area contributed by atoms with Gasteiger partial charge in [0.15, 0.2) is 0 Å². The third-order valence-electron chi connectivity index (χ3n) is 4.58. The zero-order valence-electron chi connectivity index (χ0n) is 13.2. The lowest BCUT2D eigenvalue weighted by molar-refractivity contribution is 0.224. The van der Waals surface area contributed by atoms with E-state index in [0.717, 1.165) is 12.3 Å². The molecule has 1 aliphatic carbocycles. The highest BCUT2D eigenvalue weighted by Gasteiger charge is 2.27. The van der Waals surface area contributed by atoms with Crippen LogP contribution in [0.4, 0.5) is 0 Å². The molecule has 1 aliphatic rings. The van der Waals surface area contributed by atoms with E-state index in [1.165, 1.54) is 36.8 Å². The van der Waals surface area contributed by atoms with Gasteiger partial charge in [0, 0.05) is 6.04 Å². The van der Waals surface area contributed by atoms with Gasteiger partial charge in [-0.2, -0.15) is 0 Å². The summed E-state index contributed by atoms with van der Waals surface area (Å²) in [4.78, 5) is 0. The van der Waals surface area contributed by atoms with Crippen molar-refractivity contribution >= 4 is 0 Å². The maximum atomic E-state index is 5.88. The molecule has 0 aromatic heterocycles. The molecule has 1 fully saturated rings. The number of nitrogens with two attached hydrogens (primary N) is 1. The minimum atomic E-state index is 0.310. The van der Waals surface area contributed by atoms with Gasteiger partial charge >= 0.3 is 0 Å². The monoisotopic (exact) mass is 274 g/mol. The van der Waals surface area contributed by atoms with E-state index in [2.05, 4.69) is 50.5 Å². The Bertz CT molecular complexity index is 414. The first-order chi connectivity index (χ1) is 9.60. The highest BCUT2D eigenvalue weighted by molar-refractivity contribution is 5.27. The molecule has 112 valence electrons. The van der Waals surface area contributed by atoms with Crippen LogP contribution in [0.3, 0.4) is 0 Å². The van der Waals surface area contributed by atoms with Crippen molar-refractivity contribution in [1.82, 2.24) is 5.43 Å². The molecule has 3 N–H and O–H groups in total. The molecular weight excluding hydrogens is 244 g/mol. The number of benzene rings is 1. The maximum Gasteiger partial charge on any atom is 0.0488 e. The summed E-state index contributed by atoms with van der Waals surface area (Å²) in [5.41, 5.74) is 5.89. The van der Waals surface area contributed by atoms with Crippen molar-refractivity contribution in [2.24, 2.45) is 23.6 Å². The van der Waals surface area contributed by atoms with Crippen molar-refractivity contribution in [3.8, 4) is 0 Å². The fourth-order valence-corrected chi connectivity index (χ4v) is 3.67. The molecule has 2 rings (SSSR count). The average molecular weight is 274 g/mol. The highest BCUT2D eigenvalue weighted by atomic mass is 15.2. The smallest absolute Gasteiger partial charge is 0.0488 e. The summed E-state index contributed by atoms with van der Waals surface area (Å²) >= 11 is 0. The normalized spacial score (nSPS) is 24.9. The highest BCUT2D eigenvalue weighted by Crippen LogP contribution is 2.37. The minimum absolute atomic E-state index is 0.310. The molecule has 3 atom stereocenters. The summed E-state index contributed by atoms with van der Waals surface area (Å²) in [7, 11) is 0. The van der Waals surface area contributed by atoms with Crippen LogP contribution in [-0.4, -0.2) is 0 Å². The molecular formula is C18H30N2. The van der Waals surface area contributed by atoms with Gasteiger partial charge in [0.05, 0.1) is 0 Å². The van der Waals surface area contributed by atoms with E-state index in [0.29, 0.717) is 17.9 Å². The van der Waals surface area contributed by atoms with Gasteiger partial charge in [0.2, 0.25) is 0 Å². The van der Waals surface area contributed by atoms with E-state index in [1.54, 1.807) is 0 Å². The Labute approximate surface area is 124 Å². The molecule has 0 heterocycles. The first-order valence-electron chi connectivity index (χ1n) is 8.15. The molecule has 2 nitrogen and oxygen atoms in total. The Morgan fingerprint density at radius 3 is 2.75 bits per heavy atom. The summed E-state index contributed by atoms with van der Waals surface area (Å²) < 4.78 is 0. The number of rotatable bonds is 5. The average Bonchev–Trinajstić information content (AvgIpc) is 2.39. The summed E-state index contributed by atoms with van der Waals surface area (Å²) in [5.74, 6) is 8.10. The zero-order valence-corrected chi connectivity index (χ0v) is 13.2. The summed E-state index contributed by atoms with van der Waals surface area (Å²) in [6.07, 6.45) is 6.46. The van der Waals surface area contributed by atoms with E-state index in [-0.39, 0.29) is 0 Å². The first-order valence-corrected chi connectivity index (χ1v) is 8.15. The molecule has 0 radical (unpaired) electrons. The Morgan fingerprint density at radius 1 is 1.30 bits per heavy atom. The molecule has 1 saturated carbocycles. The van der Waals surface area contributed by atoms with Gasteiger partial charge in [-0.1, -0.05) is 57.9 Å². The van der Waals surface area contributed by atoms with Crippen LogP contribution in [0.25, 0.3) is 0 Å². The third-order valence-corrected chi connectivity index (χ3v) is 4.58. The van der Waals surface area contributed by atoms with E-state index in [4.69, 9.17) is 5.84 Å². The Hall–Kier alpha value is -0.860. The number of hydrazine groups is 1. The van der Waals surface area contributed by atoms with Crippen LogP contribution in [0.5, 0.6) is 0 Å². The predicted octanol–water partition coefficient (Wildman–Crippen LogP) is 4.22. The SMILES string of the molecule is CC(C)Cc1cccc(C(NN)C2CCCC(C)C2)c1. The quantitative estimate of drug-likeness (QED) is 0.623. The van der Waals surface area contributed by atoms with E-state index in [1.807, 2.05) is 0 Å². The van der Waals surface area contributed by atoms with Crippen molar-refractivity contribution in [2.45, 2.75) is 58.9 Å². The molecule has 0 saturated heterocycles. The lowest BCUT2D eigenvalue weighted by Crippen LogP contribution is -2.35. The fraction of sp³-hybridized carbons (Fsp3) is 0.667. The van der Waals surface area contributed by atoms with Crippen molar-refractivity contribution in [2.75, 3.05) is 0 Å². The number of hydrogen-bond donors (Lipinski definition) is 2. The van der Waals surface area contributed by atoms with Gasteiger partial charge in [-0.05, 0) is 48.1 Å². The minimum Gasteiger partial charge on any atom is -0.271 e. The Balaban J connectivity index is 2.14. The van der Waals surface area contributed by atoms with Crippen LogP contribution < -0.4 is 11.3 Å². The van der Waals surface area contributed by atoms with Gasteiger partial charge in [0.1, 0.15) is 0 Å². The lowest BCUT2D eigenvalue weighted by atomic mass is 9.76. The van der Waals surface area contributed by atoms with E-state index >= 15 is 0 Å². The van der Waals surface area contributed by atoms with Crippen LogP contribution in [0.15, 0.2) is 24.3 Å². The van der Waals surface area contributed by atoms with Gasteiger partial charge < -0.3 is 0 Å². The third kappa shape index (κ3) is 4.07. The predicted molar refractivity (Wildman–Crippen MR) is 86.2 cm³/mol. The molecule has 0 aliphatic heterocycles. The Kier molecular flexibility index (Phi) is 5.62. The van der Waals surface area contributed by atoms with Crippen LogP contribution >= 0.6 is 0 Å². The second-order valence-corrected chi connectivity index (χ2v) is 7.02. The van der Waals surface area contributed by atoms with Gasteiger partial charge in [-0.25, -0.2) is 0 Å². The first kappa shape index (κ1) is 15.5. The molecule has 20 heavy (non-hydrogen) atoms. The lowest BCUT2D eigenvalue weighted by Gasteiger charge is -2.33. The second-order valence-electron chi connectivity index (χ2n) is 7.02. The van der Waals surface area contributed by atoms with Crippen molar-refractivity contribution in [3.05, 3.63) is 35.4 Å². The van der Waals surface area contributed by atoms with E-state index < -0.39 is 0 Å². The molecule has 0 amide bonds. The second kappa shape index (κ2) is 7.24. The molecule has 3 unspecified atom stereocenters. The molecule has 2 heteroatoms. The van der Waals surface area contributed by atoms with Gasteiger partial charge in [0.25, 0.3) is 0 Å². The summed E-state index contributed by atoms with van der Waals surface area (Å²) in [5, 5.41) is 0. The molecule has 0 spiro atoms. The standard InChI is InChI=1S/C18H30N2/c1-13(2)10-15-7-5-9-17(12-15)18(20-19)16-8-4-6-14(3)11-16/h5,7,9,12-14,16,18,20H,4,6,8,10-11,19H2,1-3H3. The maximum absolute atomic E-state index is 5.88. The fourth-order valence-electron chi connectivity index (χ4n) is 3.67. The van der Waals surface area contributed by atoms with Crippen LogP contribution in [0.2, 0.25) is 0 Å². The van der Waals surface area contributed by atoms with Crippen LogP contribution in [-0.2, 0) is 6.42 Å². The van der Waals surface area contributed by atoms with Crippen LogP contribution in [0.1, 0.15) is 63.6 Å². The van der Waals surface area contributed by atoms with Crippen molar-refractivity contribution in [1.29, 1.82) is 0 Å². The van der Waals surface area contributed by atoms with Crippen molar-refractivity contribution in [3.63, 3.8) is 0 Å². The van der Waals surface area contributed by atoms with Gasteiger partial charge in [-0.3, -0.25) is 11.3 Å². The summed E-state index contributed by atoms with van der Waals surface area (Å²) in [6, 6.07) is 9.31. The molecule has 1 aromatic carbocycles. The summed E-state index contributed by atoms with van der Waals surface area (Å²) in [6.45, 7) is 6.91. The van der Waals surface area contributed by atoms with Crippen molar-refractivity contribution < 1.29 is 0 Å². The largest absolute Gasteiger partial charge is 0.271 e. The number of nitrogens with one attached hydrogen (secondary N) is 1. The topological polar surface area (TPSA) is 38.0 Å². The van der Waals surface area contributed by atoms with E-state index in [9.17, 15) is 0 Å².